The third kappa shape index (κ3) is 3.27. The third-order valence-corrected chi connectivity index (χ3v) is 4.30. The Hall–Kier alpha value is -2.76. The molecule has 1 aliphatic heterocycles. The molecule has 6 nitrogen and oxygen atoms in total. The molecular formula is C18H20N2O4. The highest BCUT2D eigenvalue weighted by Gasteiger charge is 2.26. The number of nitrogens with one attached hydrogen (secondary N) is 1. The van der Waals surface area contributed by atoms with Gasteiger partial charge < -0.3 is 19.7 Å². The van der Waals surface area contributed by atoms with Gasteiger partial charge in [-0.3, -0.25) is 4.79 Å². The van der Waals surface area contributed by atoms with Crippen molar-refractivity contribution >= 4 is 17.6 Å². The summed E-state index contributed by atoms with van der Waals surface area (Å²) in [6, 6.07) is 11.8. The van der Waals surface area contributed by atoms with E-state index < -0.39 is 5.97 Å². The van der Waals surface area contributed by atoms with Gasteiger partial charge in [-0.1, -0.05) is 18.2 Å². The Bertz CT molecular complexity index is 739. The first-order valence-electron chi connectivity index (χ1n) is 8.00. The smallest absolute Gasteiger partial charge is 0.372 e. The monoisotopic (exact) mass is 328 g/mol. The molecule has 0 saturated carbocycles. The van der Waals surface area contributed by atoms with Gasteiger partial charge in [0.25, 0.3) is 5.91 Å². The van der Waals surface area contributed by atoms with E-state index in [0.717, 1.165) is 25.1 Å². The number of nitrogens with zero attached hydrogens (tertiary/aromatic N) is 1. The topological polar surface area (TPSA) is 82.8 Å². The number of furan rings is 1. The van der Waals surface area contributed by atoms with Gasteiger partial charge in [-0.15, -0.1) is 0 Å². The molecule has 0 bridgehead atoms. The first-order valence-corrected chi connectivity index (χ1v) is 8.00. The van der Waals surface area contributed by atoms with Crippen molar-refractivity contribution < 1.29 is 19.1 Å². The maximum atomic E-state index is 12.2. The Balaban J connectivity index is 1.63. The van der Waals surface area contributed by atoms with Gasteiger partial charge in [-0.2, -0.15) is 0 Å². The van der Waals surface area contributed by atoms with E-state index in [1.807, 2.05) is 18.2 Å². The van der Waals surface area contributed by atoms with Crippen molar-refractivity contribution in [3.63, 3.8) is 0 Å². The number of carboxylic acid groups (broad SMARTS) is 1. The number of carbonyl (C=O) groups excluding carboxylic acids is 1. The molecule has 126 valence electrons. The van der Waals surface area contributed by atoms with E-state index in [1.54, 1.807) is 6.92 Å². The van der Waals surface area contributed by atoms with E-state index >= 15 is 0 Å². The first-order chi connectivity index (χ1) is 11.6. The quantitative estimate of drug-likeness (QED) is 0.882. The number of carbonyl (C=O) groups is 2. The number of anilines is 1. The van der Waals surface area contributed by atoms with Crippen LogP contribution in [0.4, 0.5) is 5.69 Å². The third-order valence-electron chi connectivity index (χ3n) is 4.30. The average molecular weight is 328 g/mol. The van der Waals surface area contributed by atoms with Crippen molar-refractivity contribution in [1.29, 1.82) is 0 Å². The number of hydrogen-bond donors (Lipinski definition) is 2. The fraction of sp³-hybridized carbons (Fsp3) is 0.333. The van der Waals surface area contributed by atoms with Crippen LogP contribution in [0.15, 0.2) is 40.8 Å². The number of hydrogen-bond acceptors (Lipinski definition) is 4. The number of benzene rings is 1. The molecule has 1 fully saturated rings. The van der Waals surface area contributed by atoms with Gasteiger partial charge in [0.05, 0.1) is 0 Å². The molecule has 0 radical (unpaired) electrons. The minimum Gasteiger partial charge on any atom is -0.475 e. The Morgan fingerprint density at radius 2 is 2.08 bits per heavy atom. The van der Waals surface area contributed by atoms with E-state index in [4.69, 9.17) is 9.52 Å². The lowest BCUT2D eigenvalue weighted by Gasteiger charge is -2.26. The molecule has 0 spiro atoms. The molecule has 1 aliphatic rings. The van der Waals surface area contributed by atoms with Crippen LogP contribution in [0.1, 0.15) is 39.5 Å². The second-order valence-electron chi connectivity index (χ2n) is 5.96. The molecule has 1 unspecified atom stereocenters. The molecule has 2 heterocycles. The second kappa shape index (κ2) is 6.78. The lowest BCUT2D eigenvalue weighted by Crippen LogP contribution is -2.40. The summed E-state index contributed by atoms with van der Waals surface area (Å²) >= 11 is 0. The van der Waals surface area contributed by atoms with Crippen molar-refractivity contribution in [2.75, 3.05) is 18.0 Å². The summed E-state index contributed by atoms with van der Waals surface area (Å²) in [6.07, 6.45) is 2.09. The Morgan fingerprint density at radius 3 is 2.75 bits per heavy atom. The SMILES string of the molecule is Cc1cc(C(=O)NCC2CCCN2c2ccccc2)oc1C(=O)O. The Kier molecular flexibility index (Phi) is 4.55. The van der Waals surface area contributed by atoms with Crippen LogP contribution < -0.4 is 10.2 Å². The van der Waals surface area contributed by atoms with Crippen LogP contribution in [-0.2, 0) is 0 Å². The molecule has 3 rings (SSSR count). The summed E-state index contributed by atoms with van der Waals surface area (Å²) in [5, 5.41) is 11.8. The second-order valence-corrected chi connectivity index (χ2v) is 5.96. The molecule has 1 saturated heterocycles. The number of rotatable bonds is 5. The molecule has 1 amide bonds. The molecular weight excluding hydrogens is 308 g/mol. The van der Waals surface area contributed by atoms with Gasteiger partial charge in [-0.25, -0.2) is 4.79 Å². The van der Waals surface area contributed by atoms with Crippen LogP contribution in [0.5, 0.6) is 0 Å². The van der Waals surface area contributed by atoms with E-state index in [1.165, 1.54) is 6.07 Å². The van der Waals surface area contributed by atoms with Crippen LogP contribution in [0.3, 0.4) is 0 Å². The maximum Gasteiger partial charge on any atom is 0.372 e. The van der Waals surface area contributed by atoms with Gasteiger partial charge in [-0.05, 0) is 38.0 Å². The van der Waals surface area contributed by atoms with Crippen molar-refractivity contribution in [3.8, 4) is 0 Å². The van der Waals surface area contributed by atoms with E-state index in [0.29, 0.717) is 12.1 Å². The number of carboxylic acids is 1. The van der Waals surface area contributed by atoms with Gasteiger partial charge in [0.1, 0.15) is 0 Å². The van der Waals surface area contributed by atoms with Gasteiger partial charge in [0, 0.05) is 30.4 Å². The number of aryl methyl sites for hydroxylation is 1. The lowest BCUT2D eigenvalue weighted by molar-refractivity contribution is 0.0658. The first kappa shape index (κ1) is 16.1. The largest absolute Gasteiger partial charge is 0.475 e. The van der Waals surface area contributed by atoms with Crippen LogP contribution in [0.2, 0.25) is 0 Å². The van der Waals surface area contributed by atoms with Crippen LogP contribution in [0.25, 0.3) is 0 Å². The van der Waals surface area contributed by atoms with E-state index in [9.17, 15) is 9.59 Å². The van der Waals surface area contributed by atoms with E-state index in [-0.39, 0.29) is 23.5 Å². The predicted molar refractivity (Wildman–Crippen MR) is 89.5 cm³/mol. The van der Waals surface area contributed by atoms with Crippen LogP contribution >= 0.6 is 0 Å². The molecule has 0 aliphatic carbocycles. The summed E-state index contributed by atoms with van der Waals surface area (Å²) < 4.78 is 5.14. The Morgan fingerprint density at radius 1 is 1.33 bits per heavy atom. The zero-order chi connectivity index (χ0) is 17.1. The summed E-state index contributed by atoms with van der Waals surface area (Å²) in [5.74, 6) is -1.70. The van der Waals surface area contributed by atoms with Gasteiger partial charge >= 0.3 is 5.97 Å². The molecule has 1 atom stereocenters. The van der Waals surface area contributed by atoms with Crippen LogP contribution in [0, 0.1) is 6.92 Å². The predicted octanol–water partition coefficient (Wildman–Crippen LogP) is 2.69. The lowest BCUT2D eigenvalue weighted by atomic mass is 10.2. The van der Waals surface area contributed by atoms with Gasteiger partial charge in [0.2, 0.25) is 5.76 Å². The molecule has 1 aromatic carbocycles. The van der Waals surface area contributed by atoms with Crippen LogP contribution in [-0.4, -0.2) is 36.1 Å². The minimum atomic E-state index is -1.17. The van der Waals surface area contributed by atoms with Crippen molar-refractivity contribution in [2.24, 2.45) is 0 Å². The normalized spacial score (nSPS) is 17.0. The van der Waals surface area contributed by atoms with Crippen molar-refractivity contribution in [2.45, 2.75) is 25.8 Å². The molecule has 2 N–H and O–H groups in total. The fourth-order valence-electron chi connectivity index (χ4n) is 3.11. The molecule has 2 aromatic rings. The summed E-state index contributed by atoms with van der Waals surface area (Å²) in [7, 11) is 0. The summed E-state index contributed by atoms with van der Waals surface area (Å²) in [5.41, 5.74) is 1.59. The Labute approximate surface area is 140 Å². The molecule has 24 heavy (non-hydrogen) atoms. The van der Waals surface area contributed by atoms with Crippen molar-refractivity contribution in [1.82, 2.24) is 5.32 Å². The zero-order valence-corrected chi connectivity index (χ0v) is 13.5. The summed E-state index contributed by atoms with van der Waals surface area (Å²) in [4.78, 5) is 25.5. The minimum absolute atomic E-state index is 0.0363. The number of aromatic carboxylic acids is 1. The van der Waals surface area contributed by atoms with Crippen molar-refractivity contribution in [3.05, 3.63) is 53.5 Å². The standard InChI is InChI=1S/C18H20N2O4/c1-12-10-15(24-16(12)18(22)23)17(21)19-11-14-8-5-9-20(14)13-6-3-2-4-7-13/h2-4,6-7,10,14H,5,8-9,11H2,1H3,(H,19,21)(H,22,23). The molecule has 6 heteroatoms. The number of amides is 1. The zero-order valence-electron chi connectivity index (χ0n) is 13.5. The fourth-order valence-corrected chi connectivity index (χ4v) is 3.11. The molecule has 1 aromatic heterocycles. The highest BCUT2D eigenvalue weighted by molar-refractivity contribution is 5.94. The highest BCUT2D eigenvalue weighted by Crippen LogP contribution is 2.24. The summed E-state index contributed by atoms with van der Waals surface area (Å²) in [6.45, 7) is 3.07. The van der Waals surface area contributed by atoms with E-state index in [2.05, 4.69) is 22.3 Å². The maximum absolute atomic E-state index is 12.2. The average Bonchev–Trinajstić information content (AvgIpc) is 3.20. The van der Waals surface area contributed by atoms with Gasteiger partial charge in [0.15, 0.2) is 5.76 Å². The number of para-hydroxylation sites is 1. The highest BCUT2D eigenvalue weighted by atomic mass is 16.4.